The molecule has 6 nitrogen and oxygen atoms in total. The van der Waals surface area contributed by atoms with Crippen LogP contribution in [0.3, 0.4) is 0 Å². The Kier molecular flexibility index (Phi) is 6.69. The fraction of sp³-hybridized carbons (Fsp3) is 0.500. The van der Waals surface area contributed by atoms with E-state index >= 15 is 0 Å². The van der Waals surface area contributed by atoms with Crippen molar-refractivity contribution in [1.29, 1.82) is 0 Å². The lowest BCUT2D eigenvalue weighted by Gasteiger charge is -2.35. The summed E-state index contributed by atoms with van der Waals surface area (Å²) in [4.78, 5) is 27.4. The van der Waals surface area contributed by atoms with Crippen molar-refractivity contribution in [2.45, 2.75) is 37.8 Å². The van der Waals surface area contributed by atoms with Gasteiger partial charge in [0.1, 0.15) is 5.82 Å². The highest BCUT2D eigenvalue weighted by Crippen LogP contribution is 2.24. The molecule has 33 heavy (non-hydrogen) atoms. The van der Waals surface area contributed by atoms with Gasteiger partial charge in [-0.2, -0.15) is 0 Å². The van der Waals surface area contributed by atoms with Gasteiger partial charge in [0, 0.05) is 49.9 Å². The Morgan fingerprint density at radius 2 is 1.88 bits per heavy atom. The topological polar surface area (TPSA) is 54.3 Å². The van der Waals surface area contributed by atoms with Crippen molar-refractivity contribution in [2.75, 3.05) is 43.4 Å². The number of rotatable bonds is 6. The van der Waals surface area contributed by atoms with Crippen LogP contribution in [0.1, 0.15) is 31.0 Å². The normalized spacial score (nSPS) is 19.1. The standard InChI is InChI=1S/C26H33N5OS/c1-19-8-10-23-21(18-19)25(32)29(2)26(28-23)33-17-5-12-30-13-15-31(16-14-30)24-11-9-20-6-3-4-7-22(20)27-24/h3-4,6-7,9,11,19H,5,8,10,12-18H2,1-2H3. The molecule has 7 heteroatoms. The first-order valence-electron chi connectivity index (χ1n) is 12.1. The molecule has 1 unspecified atom stereocenters. The van der Waals surface area contributed by atoms with Gasteiger partial charge in [-0.05, 0) is 56.3 Å². The average molecular weight is 464 g/mol. The van der Waals surface area contributed by atoms with Gasteiger partial charge < -0.3 is 4.90 Å². The Labute approximate surface area is 200 Å². The van der Waals surface area contributed by atoms with Crippen molar-refractivity contribution < 1.29 is 0 Å². The van der Waals surface area contributed by atoms with Gasteiger partial charge in [0.15, 0.2) is 5.16 Å². The summed E-state index contributed by atoms with van der Waals surface area (Å²) in [7, 11) is 1.87. The molecule has 3 heterocycles. The van der Waals surface area contributed by atoms with E-state index in [4.69, 9.17) is 9.97 Å². The quantitative estimate of drug-likeness (QED) is 0.315. The minimum atomic E-state index is 0.160. The molecular weight excluding hydrogens is 430 g/mol. The fourth-order valence-electron chi connectivity index (χ4n) is 4.93. The van der Waals surface area contributed by atoms with E-state index in [1.54, 1.807) is 16.3 Å². The molecule has 5 rings (SSSR count). The van der Waals surface area contributed by atoms with Crippen LogP contribution in [0.15, 0.2) is 46.3 Å². The van der Waals surface area contributed by atoms with Crippen LogP contribution in [0.4, 0.5) is 5.82 Å². The molecule has 0 saturated carbocycles. The first-order chi connectivity index (χ1) is 16.1. The molecule has 2 aliphatic rings. The predicted octanol–water partition coefficient (Wildman–Crippen LogP) is 3.76. The van der Waals surface area contributed by atoms with Crippen LogP contribution in [0, 0.1) is 5.92 Å². The number of piperazine rings is 1. The van der Waals surface area contributed by atoms with Crippen molar-refractivity contribution in [2.24, 2.45) is 13.0 Å². The molecule has 1 aliphatic carbocycles. The van der Waals surface area contributed by atoms with Gasteiger partial charge in [-0.3, -0.25) is 14.3 Å². The fourth-order valence-corrected chi connectivity index (χ4v) is 5.84. The maximum atomic E-state index is 12.8. The van der Waals surface area contributed by atoms with Gasteiger partial charge in [-0.1, -0.05) is 36.9 Å². The number of pyridine rings is 1. The second-order valence-corrected chi connectivity index (χ2v) is 10.5. The molecule has 1 aliphatic heterocycles. The van der Waals surface area contributed by atoms with Gasteiger partial charge in [-0.15, -0.1) is 0 Å². The summed E-state index contributed by atoms with van der Waals surface area (Å²) in [5, 5.41) is 2.07. The van der Waals surface area contributed by atoms with Crippen molar-refractivity contribution in [3.8, 4) is 0 Å². The first kappa shape index (κ1) is 22.4. The number of hydrogen-bond acceptors (Lipinski definition) is 6. The maximum absolute atomic E-state index is 12.8. The van der Waals surface area contributed by atoms with E-state index in [9.17, 15) is 4.79 Å². The largest absolute Gasteiger partial charge is 0.354 e. The van der Waals surface area contributed by atoms with E-state index in [0.717, 1.165) is 91.9 Å². The smallest absolute Gasteiger partial charge is 0.257 e. The molecule has 0 spiro atoms. The predicted molar refractivity (Wildman–Crippen MR) is 136 cm³/mol. The molecule has 1 atom stereocenters. The third kappa shape index (κ3) is 4.94. The second-order valence-electron chi connectivity index (χ2n) is 9.42. The number of benzene rings is 1. The number of nitrogens with zero attached hydrogens (tertiary/aromatic N) is 5. The summed E-state index contributed by atoms with van der Waals surface area (Å²) in [6.07, 6.45) is 4.05. The SMILES string of the molecule is CC1CCc2nc(SCCCN3CCN(c4ccc5ccccc5n4)CC3)n(C)c(=O)c2C1. The molecule has 0 N–H and O–H groups in total. The summed E-state index contributed by atoms with van der Waals surface area (Å²) < 4.78 is 1.76. The Morgan fingerprint density at radius 3 is 2.73 bits per heavy atom. The average Bonchev–Trinajstić information content (AvgIpc) is 2.85. The molecule has 0 amide bonds. The highest BCUT2D eigenvalue weighted by molar-refractivity contribution is 7.99. The van der Waals surface area contributed by atoms with E-state index in [0.29, 0.717) is 5.92 Å². The van der Waals surface area contributed by atoms with Crippen LogP contribution >= 0.6 is 11.8 Å². The van der Waals surface area contributed by atoms with Crippen LogP contribution in [0.5, 0.6) is 0 Å². The van der Waals surface area contributed by atoms with Crippen molar-refractivity contribution in [3.63, 3.8) is 0 Å². The third-order valence-corrected chi connectivity index (χ3v) is 8.10. The molecule has 1 fully saturated rings. The summed E-state index contributed by atoms with van der Waals surface area (Å²) >= 11 is 1.73. The monoisotopic (exact) mass is 463 g/mol. The molecule has 2 aromatic heterocycles. The summed E-state index contributed by atoms with van der Waals surface area (Å²) in [6, 6.07) is 12.6. The third-order valence-electron chi connectivity index (χ3n) is 6.99. The highest BCUT2D eigenvalue weighted by Gasteiger charge is 2.22. The minimum absolute atomic E-state index is 0.160. The minimum Gasteiger partial charge on any atom is -0.354 e. The van der Waals surface area contributed by atoms with Crippen LogP contribution in [0.25, 0.3) is 10.9 Å². The number of fused-ring (bicyclic) bond motifs is 2. The molecular formula is C26H33N5OS. The number of hydrogen-bond donors (Lipinski definition) is 0. The molecule has 0 bridgehead atoms. The Bertz CT molecular complexity index is 1190. The van der Waals surface area contributed by atoms with Crippen molar-refractivity contribution in [1.82, 2.24) is 19.4 Å². The molecule has 1 saturated heterocycles. The van der Waals surface area contributed by atoms with Crippen LogP contribution in [-0.4, -0.2) is 57.9 Å². The molecule has 174 valence electrons. The Morgan fingerprint density at radius 1 is 1.06 bits per heavy atom. The van der Waals surface area contributed by atoms with Crippen LogP contribution < -0.4 is 10.5 Å². The zero-order valence-electron chi connectivity index (χ0n) is 19.7. The van der Waals surface area contributed by atoms with Gasteiger partial charge in [0.25, 0.3) is 5.56 Å². The highest BCUT2D eigenvalue weighted by atomic mass is 32.2. The first-order valence-corrected chi connectivity index (χ1v) is 13.1. The van der Waals surface area contributed by atoms with Gasteiger partial charge in [0.2, 0.25) is 0 Å². The van der Waals surface area contributed by atoms with Crippen LogP contribution in [-0.2, 0) is 19.9 Å². The van der Waals surface area contributed by atoms with Gasteiger partial charge >= 0.3 is 0 Å². The second kappa shape index (κ2) is 9.85. The van der Waals surface area contributed by atoms with E-state index < -0.39 is 0 Å². The van der Waals surface area contributed by atoms with E-state index in [1.165, 1.54) is 5.39 Å². The Hall–Kier alpha value is -2.38. The van der Waals surface area contributed by atoms with Gasteiger partial charge in [0.05, 0.1) is 11.2 Å². The van der Waals surface area contributed by atoms with Crippen molar-refractivity contribution in [3.05, 3.63) is 58.0 Å². The molecule has 3 aromatic rings. The number of anilines is 1. The Balaban J connectivity index is 1.10. The van der Waals surface area contributed by atoms with Gasteiger partial charge in [-0.25, -0.2) is 9.97 Å². The lowest BCUT2D eigenvalue weighted by molar-refractivity contribution is 0.258. The van der Waals surface area contributed by atoms with E-state index in [1.807, 2.05) is 13.1 Å². The lowest BCUT2D eigenvalue weighted by Crippen LogP contribution is -2.47. The van der Waals surface area contributed by atoms with E-state index in [2.05, 4.69) is 47.1 Å². The molecule has 1 aromatic carbocycles. The number of para-hydroxylation sites is 1. The maximum Gasteiger partial charge on any atom is 0.257 e. The van der Waals surface area contributed by atoms with E-state index in [-0.39, 0.29) is 5.56 Å². The number of thioether (sulfide) groups is 1. The summed E-state index contributed by atoms with van der Waals surface area (Å²) in [6.45, 7) is 7.46. The molecule has 0 radical (unpaired) electrons. The summed E-state index contributed by atoms with van der Waals surface area (Å²) in [5.74, 6) is 2.66. The summed E-state index contributed by atoms with van der Waals surface area (Å²) in [5.41, 5.74) is 3.21. The number of aromatic nitrogens is 3. The zero-order valence-corrected chi connectivity index (χ0v) is 20.5. The number of aryl methyl sites for hydroxylation is 1. The van der Waals surface area contributed by atoms with Crippen LogP contribution in [0.2, 0.25) is 0 Å². The zero-order chi connectivity index (χ0) is 22.8. The lowest BCUT2D eigenvalue weighted by atomic mass is 9.89. The van der Waals surface area contributed by atoms with Crippen molar-refractivity contribution >= 4 is 28.5 Å².